The highest BCUT2D eigenvalue weighted by Gasteiger charge is 2.33. The highest BCUT2D eigenvalue weighted by atomic mass is 35.5. The van der Waals surface area contributed by atoms with Crippen LogP contribution in [-0.2, 0) is 4.74 Å². The number of hydrogen-bond acceptors (Lipinski definition) is 6. The molecule has 1 aromatic carbocycles. The second-order valence-electron chi connectivity index (χ2n) is 4.97. The molecule has 2 heterocycles. The molecule has 0 aliphatic carbocycles. The van der Waals surface area contributed by atoms with E-state index in [2.05, 4.69) is 4.98 Å². The molecule has 1 aromatic heterocycles. The van der Waals surface area contributed by atoms with Crippen molar-refractivity contribution < 1.29 is 19.4 Å². The minimum atomic E-state index is -0.489. The van der Waals surface area contributed by atoms with Crippen LogP contribution >= 0.6 is 11.6 Å². The molecule has 6 nitrogen and oxygen atoms in total. The van der Waals surface area contributed by atoms with E-state index in [1.54, 1.807) is 41.4 Å². The van der Waals surface area contributed by atoms with Crippen molar-refractivity contribution in [3.63, 3.8) is 0 Å². The number of ether oxygens (including phenoxy) is 2. The van der Waals surface area contributed by atoms with Gasteiger partial charge in [0.1, 0.15) is 12.2 Å². The first-order valence-electron chi connectivity index (χ1n) is 7.02. The summed E-state index contributed by atoms with van der Waals surface area (Å²) in [6, 6.07) is 8.22. The van der Waals surface area contributed by atoms with Gasteiger partial charge < -0.3 is 19.5 Å². The molecule has 0 radical (unpaired) electrons. The Bertz CT molecular complexity index is 738. The maximum absolute atomic E-state index is 11.9. The summed E-state index contributed by atoms with van der Waals surface area (Å²) in [6.07, 6.45) is 1.62. The Hall–Kier alpha value is -2.31. The number of nitrogens with zero attached hydrogens (tertiary/aromatic N) is 2. The Labute approximate surface area is 138 Å². The van der Waals surface area contributed by atoms with Crippen LogP contribution in [0.4, 0.5) is 11.5 Å². The zero-order valence-electron chi connectivity index (χ0n) is 12.4. The second kappa shape index (κ2) is 6.44. The number of pyridine rings is 1. The van der Waals surface area contributed by atoms with Gasteiger partial charge in [-0.15, -0.1) is 0 Å². The summed E-state index contributed by atoms with van der Waals surface area (Å²) in [4.78, 5) is 18.0. The van der Waals surface area contributed by atoms with Crippen molar-refractivity contribution in [2.75, 3.05) is 25.2 Å². The number of methoxy groups -OCH3 is 1. The highest BCUT2D eigenvalue weighted by molar-refractivity contribution is 6.33. The molecule has 0 saturated heterocycles. The standard InChI is InChI=1S/C16H15ClN2O4/c1-22-16(21)11-4-2-6-13-14(11)23-9-10(8-20)19(13)15-12(17)5-3-7-18-15/h2-7,10,20H,8-9H2,1H3/t10-/m1/s1. The predicted molar refractivity (Wildman–Crippen MR) is 85.5 cm³/mol. The van der Waals surface area contributed by atoms with Crippen LogP contribution < -0.4 is 9.64 Å². The Morgan fingerprint density at radius 1 is 1.48 bits per heavy atom. The van der Waals surface area contributed by atoms with Crippen LogP contribution in [0.25, 0.3) is 0 Å². The number of anilines is 2. The molecule has 2 aromatic rings. The van der Waals surface area contributed by atoms with Gasteiger partial charge in [-0.1, -0.05) is 17.7 Å². The number of aliphatic hydroxyl groups is 1. The molecule has 0 spiro atoms. The van der Waals surface area contributed by atoms with E-state index < -0.39 is 5.97 Å². The first-order chi connectivity index (χ1) is 11.2. The largest absolute Gasteiger partial charge is 0.488 e. The molecule has 0 saturated carbocycles. The van der Waals surface area contributed by atoms with Gasteiger partial charge in [0.15, 0.2) is 11.6 Å². The molecule has 0 fully saturated rings. The van der Waals surface area contributed by atoms with Crippen molar-refractivity contribution in [3.8, 4) is 5.75 Å². The molecule has 1 atom stereocenters. The number of aromatic nitrogens is 1. The molecule has 1 aliphatic rings. The van der Waals surface area contributed by atoms with E-state index >= 15 is 0 Å². The van der Waals surface area contributed by atoms with Crippen LogP contribution in [0.15, 0.2) is 36.5 Å². The van der Waals surface area contributed by atoms with Crippen LogP contribution in [0, 0.1) is 0 Å². The fourth-order valence-corrected chi connectivity index (χ4v) is 2.78. The molecule has 0 amide bonds. The van der Waals surface area contributed by atoms with Gasteiger partial charge in [-0.2, -0.15) is 0 Å². The third kappa shape index (κ3) is 2.71. The fraction of sp³-hybridized carbons (Fsp3) is 0.250. The first-order valence-corrected chi connectivity index (χ1v) is 7.40. The van der Waals surface area contributed by atoms with E-state index in [0.29, 0.717) is 27.8 Å². The number of rotatable bonds is 3. The summed E-state index contributed by atoms with van der Waals surface area (Å²) in [5, 5.41) is 10.1. The topological polar surface area (TPSA) is 71.9 Å². The SMILES string of the molecule is COC(=O)c1cccc2c1OC[C@@H](CO)N2c1ncccc1Cl. The van der Waals surface area contributed by atoms with E-state index in [1.165, 1.54) is 7.11 Å². The zero-order valence-corrected chi connectivity index (χ0v) is 13.2. The Kier molecular flexibility index (Phi) is 4.36. The van der Waals surface area contributed by atoms with Crippen molar-refractivity contribution in [1.29, 1.82) is 0 Å². The van der Waals surface area contributed by atoms with Crippen LogP contribution in [0.2, 0.25) is 5.02 Å². The zero-order chi connectivity index (χ0) is 16.4. The maximum Gasteiger partial charge on any atom is 0.341 e. The lowest BCUT2D eigenvalue weighted by Crippen LogP contribution is -2.43. The summed E-state index contributed by atoms with van der Waals surface area (Å²) in [5.41, 5.74) is 0.928. The van der Waals surface area contributed by atoms with Gasteiger partial charge in [-0.3, -0.25) is 0 Å². The van der Waals surface area contributed by atoms with Crippen LogP contribution in [-0.4, -0.2) is 42.4 Å². The van der Waals surface area contributed by atoms with Crippen LogP contribution in [0.5, 0.6) is 5.75 Å². The molecule has 7 heteroatoms. The fourth-order valence-electron chi connectivity index (χ4n) is 2.56. The van der Waals surface area contributed by atoms with Gasteiger partial charge in [-0.05, 0) is 24.3 Å². The summed E-state index contributed by atoms with van der Waals surface area (Å²) in [6.45, 7) is 0.0548. The number of hydrogen-bond donors (Lipinski definition) is 1. The molecular weight excluding hydrogens is 320 g/mol. The van der Waals surface area contributed by atoms with Gasteiger partial charge in [-0.25, -0.2) is 9.78 Å². The number of carbonyl (C=O) groups is 1. The Morgan fingerprint density at radius 3 is 3.00 bits per heavy atom. The van der Waals surface area contributed by atoms with Gasteiger partial charge in [0.25, 0.3) is 0 Å². The van der Waals surface area contributed by atoms with Gasteiger partial charge in [0.2, 0.25) is 0 Å². The van der Waals surface area contributed by atoms with E-state index in [4.69, 9.17) is 21.1 Å². The van der Waals surface area contributed by atoms with Gasteiger partial charge >= 0.3 is 5.97 Å². The molecule has 3 rings (SSSR count). The third-order valence-electron chi connectivity index (χ3n) is 3.62. The van der Waals surface area contributed by atoms with E-state index in [1.807, 2.05) is 0 Å². The highest BCUT2D eigenvalue weighted by Crippen LogP contribution is 2.42. The van der Waals surface area contributed by atoms with Crippen molar-refractivity contribution in [1.82, 2.24) is 4.98 Å². The lowest BCUT2D eigenvalue weighted by molar-refractivity contribution is 0.0594. The van der Waals surface area contributed by atoms with E-state index in [0.717, 1.165) is 0 Å². The van der Waals surface area contributed by atoms with Crippen molar-refractivity contribution >= 4 is 29.1 Å². The molecular formula is C16H15ClN2O4. The average molecular weight is 335 g/mol. The number of carbonyl (C=O) groups excluding carboxylic acids is 1. The number of esters is 1. The minimum Gasteiger partial charge on any atom is -0.488 e. The molecule has 23 heavy (non-hydrogen) atoms. The molecule has 120 valence electrons. The first kappa shape index (κ1) is 15.6. The monoisotopic (exact) mass is 334 g/mol. The number of aliphatic hydroxyl groups excluding tert-OH is 1. The van der Waals surface area contributed by atoms with Crippen LogP contribution in [0.3, 0.4) is 0 Å². The molecule has 1 N–H and O–H groups in total. The quantitative estimate of drug-likeness (QED) is 0.869. The van der Waals surface area contributed by atoms with Crippen molar-refractivity contribution in [3.05, 3.63) is 47.1 Å². The van der Waals surface area contributed by atoms with Crippen molar-refractivity contribution in [2.24, 2.45) is 0 Å². The smallest absolute Gasteiger partial charge is 0.341 e. The molecule has 1 aliphatic heterocycles. The normalized spacial score (nSPS) is 16.5. The predicted octanol–water partition coefficient (Wildman–Crippen LogP) is 2.41. The van der Waals surface area contributed by atoms with E-state index in [-0.39, 0.29) is 19.3 Å². The number of para-hydroxylation sites is 1. The molecule has 0 unspecified atom stereocenters. The number of benzene rings is 1. The van der Waals surface area contributed by atoms with Crippen molar-refractivity contribution in [2.45, 2.75) is 6.04 Å². The summed E-state index contributed by atoms with van der Waals surface area (Å²) in [5.74, 6) is 0.405. The third-order valence-corrected chi connectivity index (χ3v) is 3.92. The Balaban J connectivity index is 2.17. The summed E-state index contributed by atoms with van der Waals surface area (Å²) < 4.78 is 10.5. The van der Waals surface area contributed by atoms with Gasteiger partial charge in [0, 0.05) is 6.20 Å². The number of halogens is 1. The van der Waals surface area contributed by atoms with Crippen LogP contribution in [0.1, 0.15) is 10.4 Å². The summed E-state index contributed by atoms with van der Waals surface area (Å²) in [7, 11) is 1.31. The number of fused-ring (bicyclic) bond motifs is 1. The maximum atomic E-state index is 11.9. The molecule has 0 bridgehead atoms. The second-order valence-corrected chi connectivity index (χ2v) is 5.38. The summed E-state index contributed by atoms with van der Waals surface area (Å²) >= 11 is 6.26. The van der Waals surface area contributed by atoms with E-state index in [9.17, 15) is 9.90 Å². The Morgan fingerprint density at radius 2 is 2.30 bits per heavy atom. The lowest BCUT2D eigenvalue weighted by atomic mass is 10.1. The van der Waals surface area contributed by atoms with Gasteiger partial charge in [0.05, 0.1) is 30.5 Å². The average Bonchev–Trinajstić information content (AvgIpc) is 2.60. The minimum absolute atomic E-state index is 0.144. The lowest BCUT2D eigenvalue weighted by Gasteiger charge is -2.37.